The molecule has 0 amide bonds. The number of nitrogens with one attached hydrogen (secondary N) is 2. The molecule has 2 aromatic rings. The van der Waals surface area contributed by atoms with Crippen molar-refractivity contribution in [1.82, 2.24) is 4.98 Å². The van der Waals surface area contributed by atoms with Gasteiger partial charge >= 0.3 is 4.87 Å². The van der Waals surface area contributed by atoms with E-state index in [2.05, 4.69) is 9.71 Å². The second kappa shape index (κ2) is 4.82. The number of sulfonamides is 1. The third-order valence-corrected chi connectivity index (χ3v) is 5.84. The van der Waals surface area contributed by atoms with Crippen LogP contribution in [0.25, 0.3) is 0 Å². The van der Waals surface area contributed by atoms with Crippen LogP contribution in [0.1, 0.15) is 16.8 Å². The lowest BCUT2D eigenvalue weighted by molar-refractivity contribution is 0.602. The molecular formula is C12H14N2O3S2. The summed E-state index contributed by atoms with van der Waals surface area (Å²) in [6.45, 7) is 5.32. The van der Waals surface area contributed by atoms with Crippen LogP contribution in [0.4, 0.5) is 5.69 Å². The molecule has 7 heteroatoms. The second-order valence-corrected chi connectivity index (χ2v) is 7.14. The Kier molecular flexibility index (Phi) is 3.51. The zero-order valence-electron chi connectivity index (χ0n) is 10.8. The molecule has 102 valence electrons. The summed E-state index contributed by atoms with van der Waals surface area (Å²) < 4.78 is 27.0. The zero-order valence-corrected chi connectivity index (χ0v) is 12.4. The van der Waals surface area contributed by atoms with Gasteiger partial charge in [0, 0.05) is 5.69 Å². The van der Waals surface area contributed by atoms with Gasteiger partial charge < -0.3 is 4.98 Å². The Balaban J connectivity index is 2.45. The first-order chi connectivity index (χ1) is 8.81. The van der Waals surface area contributed by atoms with Gasteiger partial charge in [0.15, 0.2) is 4.21 Å². The summed E-state index contributed by atoms with van der Waals surface area (Å²) in [7, 11) is -3.73. The molecule has 0 radical (unpaired) electrons. The largest absolute Gasteiger partial charge is 0.315 e. The van der Waals surface area contributed by atoms with Crippen molar-refractivity contribution >= 4 is 27.0 Å². The van der Waals surface area contributed by atoms with Crippen LogP contribution in [-0.2, 0) is 10.0 Å². The van der Waals surface area contributed by atoms with Crippen LogP contribution in [0.3, 0.4) is 0 Å². The molecule has 0 bridgehead atoms. The minimum atomic E-state index is -3.73. The lowest BCUT2D eigenvalue weighted by Gasteiger charge is -2.11. The lowest BCUT2D eigenvalue weighted by atomic mass is 10.1. The highest BCUT2D eigenvalue weighted by atomic mass is 32.2. The number of hydrogen-bond acceptors (Lipinski definition) is 4. The summed E-state index contributed by atoms with van der Waals surface area (Å²) in [5, 5.41) is 0. The van der Waals surface area contributed by atoms with Gasteiger partial charge in [-0.15, -0.1) is 0 Å². The van der Waals surface area contributed by atoms with Crippen molar-refractivity contribution in [3.8, 4) is 0 Å². The molecule has 1 aromatic carbocycles. The lowest BCUT2D eigenvalue weighted by Crippen LogP contribution is -2.13. The van der Waals surface area contributed by atoms with Crippen molar-refractivity contribution in [3.63, 3.8) is 0 Å². The second-order valence-electron chi connectivity index (χ2n) is 4.28. The summed E-state index contributed by atoms with van der Waals surface area (Å²) in [5.74, 6) is 0. The molecule has 1 heterocycles. The van der Waals surface area contributed by atoms with Gasteiger partial charge in [-0.3, -0.25) is 9.52 Å². The topological polar surface area (TPSA) is 79.0 Å². The summed E-state index contributed by atoms with van der Waals surface area (Å²) in [5.41, 5.74) is 2.75. The van der Waals surface area contributed by atoms with E-state index in [1.165, 1.54) is 0 Å². The minimum absolute atomic E-state index is 0.0263. The maximum absolute atomic E-state index is 12.2. The highest BCUT2D eigenvalue weighted by molar-refractivity contribution is 7.94. The molecule has 19 heavy (non-hydrogen) atoms. The normalized spacial score (nSPS) is 11.5. The van der Waals surface area contributed by atoms with Crippen LogP contribution in [0.5, 0.6) is 0 Å². The number of thiazole rings is 1. The molecular weight excluding hydrogens is 284 g/mol. The van der Waals surface area contributed by atoms with E-state index in [1.807, 2.05) is 19.9 Å². The Hall–Kier alpha value is -1.60. The Morgan fingerprint density at radius 2 is 1.89 bits per heavy atom. The van der Waals surface area contributed by atoms with Crippen LogP contribution in [0, 0.1) is 20.8 Å². The van der Waals surface area contributed by atoms with E-state index in [0.717, 1.165) is 11.1 Å². The van der Waals surface area contributed by atoms with Crippen molar-refractivity contribution in [3.05, 3.63) is 44.7 Å². The summed E-state index contributed by atoms with van der Waals surface area (Å²) >= 11 is 0.689. The fraction of sp³-hybridized carbons (Fsp3) is 0.250. The number of benzene rings is 1. The Morgan fingerprint density at radius 3 is 2.47 bits per heavy atom. The smallest absolute Gasteiger partial charge is 0.306 e. The van der Waals surface area contributed by atoms with Crippen molar-refractivity contribution in [2.24, 2.45) is 0 Å². The number of aromatic nitrogens is 1. The van der Waals surface area contributed by atoms with Crippen LogP contribution in [-0.4, -0.2) is 13.4 Å². The molecule has 0 aliphatic rings. The predicted octanol–water partition coefficient (Wildman–Crippen LogP) is 2.16. The molecule has 0 saturated heterocycles. The molecule has 2 rings (SSSR count). The monoisotopic (exact) mass is 298 g/mol. The van der Waals surface area contributed by atoms with Crippen molar-refractivity contribution in [2.75, 3.05) is 4.72 Å². The van der Waals surface area contributed by atoms with E-state index < -0.39 is 10.0 Å². The van der Waals surface area contributed by atoms with E-state index in [0.29, 0.717) is 22.7 Å². The van der Waals surface area contributed by atoms with Gasteiger partial charge in [0.25, 0.3) is 10.0 Å². The summed E-state index contributed by atoms with van der Waals surface area (Å²) in [6, 6.07) is 5.39. The SMILES string of the molecule is Cc1cccc(NS(=O)(=O)c2sc(=O)[nH]c2C)c1C. The standard InChI is InChI=1S/C12H14N2O3S2/c1-7-5-4-6-10(8(7)2)14-19(16,17)11-9(3)13-12(15)18-11/h4-6,14H,1-3H3,(H,13,15). The molecule has 0 fully saturated rings. The average molecular weight is 298 g/mol. The van der Waals surface area contributed by atoms with Crippen LogP contribution >= 0.6 is 11.3 Å². The number of H-pyrrole nitrogens is 1. The maximum Gasteiger partial charge on any atom is 0.306 e. The third-order valence-electron chi connectivity index (χ3n) is 2.87. The minimum Gasteiger partial charge on any atom is -0.315 e. The van der Waals surface area contributed by atoms with E-state index >= 15 is 0 Å². The fourth-order valence-corrected chi connectivity index (χ4v) is 4.12. The highest BCUT2D eigenvalue weighted by Gasteiger charge is 2.21. The van der Waals surface area contributed by atoms with Gasteiger partial charge in [-0.1, -0.05) is 23.5 Å². The molecule has 0 saturated carbocycles. The van der Waals surface area contributed by atoms with Crippen molar-refractivity contribution < 1.29 is 8.42 Å². The maximum atomic E-state index is 12.2. The van der Waals surface area contributed by atoms with E-state index in [1.54, 1.807) is 19.1 Å². The first-order valence-electron chi connectivity index (χ1n) is 5.60. The molecule has 1 aromatic heterocycles. The predicted molar refractivity (Wildman–Crippen MR) is 76.4 cm³/mol. The molecule has 0 aliphatic carbocycles. The first-order valence-corrected chi connectivity index (χ1v) is 7.90. The third kappa shape index (κ3) is 2.71. The van der Waals surface area contributed by atoms with Gasteiger partial charge in [0.2, 0.25) is 0 Å². The van der Waals surface area contributed by atoms with E-state index in [4.69, 9.17) is 0 Å². The van der Waals surface area contributed by atoms with Crippen LogP contribution in [0.2, 0.25) is 0 Å². The molecule has 0 aliphatic heterocycles. The summed E-state index contributed by atoms with van der Waals surface area (Å²) in [6.07, 6.45) is 0. The molecule has 5 nitrogen and oxygen atoms in total. The van der Waals surface area contributed by atoms with Gasteiger partial charge in [0.1, 0.15) is 0 Å². The van der Waals surface area contributed by atoms with E-state index in [-0.39, 0.29) is 9.08 Å². The Morgan fingerprint density at radius 1 is 1.21 bits per heavy atom. The van der Waals surface area contributed by atoms with Crippen molar-refractivity contribution in [1.29, 1.82) is 0 Å². The molecule has 2 N–H and O–H groups in total. The fourth-order valence-electron chi connectivity index (χ4n) is 1.70. The number of anilines is 1. The van der Waals surface area contributed by atoms with Gasteiger partial charge in [-0.2, -0.15) is 0 Å². The molecule has 0 spiro atoms. The van der Waals surface area contributed by atoms with E-state index in [9.17, 15) is 13.2 Å². The highest BCUT2D eigenvalue weighted by Crippen LogP contribution is 2.24. The summed E-state index contributed by atoms with van der Waals surface area (Å²) in [4.78, 5) is 13.3. The Bertz CT molecular complexity index is 773. The number of rotatable bonds is 3. The number of aryl methyl sites for hydroxylation is 2. The van der Waals surface area contributed by atoms with Gasteiger partial charge in [-0.25, -0.2) is 8.42 Å². The average Bonchev–Trinajstić information content (AvgIpc) is 2.65. The first kappa shape index (κ1) is 13.8. The van der Waals surface area contributed by atoms with Crippen molar-refractivity contribution in [2.45, 2.75) is 25.0 Å². The zero-order chi connectivity index (χ0) is 14.2. The van der Waals surface area contributed by atoms with Crippen LogP contribution < -0.4 is 9.60 Å². The molecule has 0 unspecified atom stereocenters. The molecule has 0 atom stereocenters. The Labute approximate surface area is 115 Å². The quantitative estimate of drug-likeness (QED) is 0.911. The van der Waals surface area contributed by atoms with Gasteiger partial charge in [0.05, 0.1) is 5.69 Å². The van der Waals surface area contributed by atoms with Gasteiger partial charge in [-0.05, 0) is 38.0 Å². The number of hydrogen-bond donors (Lipinski definition) is 2. The number of aromatic amines is 1. The van der Waals surface area contributed by atoms with Crippen LogP contribution in [0.15, 0.2) is 27.2 Å².